The number of aliphatic imine (C=N–C) groups is 1. The first kappa shape index (κ1) is 17.0. The second kappa shape index (κ2) is 7.13. The number of hydrogen-bond donors (Lipinski definition) is 0. The number of benzene rings is 1. The topological polar surface area (TPSA) is 39.0 Å². The van der Waals surface area contributed by atoms with Crippen LogP contribution in [-0.2, 0) is 24.1 Å². The normalized spacial score (nSPS) is 19.1. The highest BCUT2D eigenvalue weighted by molar-refractivity contribution is 5.99. The third-order valence-electron chi connectivity index (χ3n) is 5.99. The predicted molar refractivity (Wildman–Crippen MR) is 107 cm³/mol. The predicted octanol–water partition coefficient (Wildman–Crippen LogP) is 2.79. The molecule has 0 spiro atoms. The number of aryl methyl sites for hydroxylation is 2. The maximum Gasteiger partial charge on any atom is 0.119 e. The van der Waals surface area contributed by atoms with E-state index < -0.39 is 0 Å². The summed E-state index contributed by atoms with van der Waals surface area (Å²) >= 11 is 0. The number of hydrogen-bond acceptors (Lipinski definition) is 4. The molecule has 5 rings (SSSR count). The van der Waals surface area contributed by atoms with Crippen molar-refractivity contribution in [3.63, 3.8) is 0 Å². The van der Waals surface area contributed by atoms with E-state index in [1.54, 1.807) is 0 Å². The van der Waals surface area contributed by atoms with E-state index in [9.17, 15) is 0 Å². The molecule has 0 atom stereocenters. The minimum atomic E-state index is 0.736. The van der Waals surface area contributed by atoms with E-state index in [-0.39, 0.29) is 0 Å². The summed E-state index contributed by atoms with van der Waals surface area (Å²) in [4.78, 5) is 7.03. The summed E-state index contributed by atoms with van der Waals surface area (Å²) in [5.74, 6) is 0.994. The zero-order valence-corrected chi connectivity index (χ0v) is 16.0. The van der Waals surface area contributed by atoms with Gasteiger partial charge in [0, 0.05) is 31.7 Å². The van der Waals surface area contributed by atoms with Crippen LogP contribution in [0.3, 0.4) is 0 Å². The highest BCUT2D eigenvalue weighted by atomic mass is 16.5. The SMILES string of the molecule is CC1=NCCn2c1cc1c2-c2ccc(OCCN3CCOCC3)cc2CC1. The smallest absolute Gasteiger partial charge is 0.119 e. The van der Waals surface area contributed by atoms with E-state index in [4.69, 9.17) is 9.47 Å². The summed E-state index contributed by atoms with van der Waals surface area (Å²) in [7, 11) is 0. The Hall–Kier alpha value is -2.11. The fraction of sp³-hybridized carbons (Fsp3) is 0.500. The number of morpholine rings is 1. The van der Waals surface area contributed by atoms with Crippen LogP contribution in [0.4, 0.5) is 0 Å². The van der Waals surface area contributed by atoms with Crippen molar-refractivity contribution in [2.45, 2.75) is 26.3 Å². The van der Waals surface area contributed by atoms with Gasteiger partial charge in [-0.3, -0.25) is 9.89 Å². The Morgan fingerprint density at radius 3 is 2.81 bits per heavy atom. The van der Waals surface area contributed by atoms with Crippen LogP contribution in [0.1, 0.15) is 23.7 Å². The minimum absolute atomic E-state index is 0.736. The van der Waals surface area contributed by atoms with Gasteiger partial charge < -0.3 is 14.0 Å². The van der Waals surface area contributed by atoms with Crippen LogP contribution < -0.4 is 4.74 Å². The zero-order chi connectivity index (χ0) is 18.2. The molecule has 1 aromatic carbocycles. The number of aromatic nitrogens is 1. The Morgan fingerprint density at radius 2 is 1.93 bits per heavy atom. The molecule has 0 saturated carbocycles. The molecule has 2 aromatic rings. The fourth-order valence-electron chi connectivity index (χ4n) is 4.53. The number of nitrogens with zero attached hydrogens (tertiary/aromatic N) is 3. The van der Waals surface area contributed by atoms with Gasteiger partial charge in [-0.05, 0) is 55.2 Å². The van der Waals surface area contributed by atoms with E-state index in [2.05, 4.69) is 45.6 Å². The summed E-state index contributed by atoms with van der Waals surface area (Å²) in [5, 5.41) is 0. The van der Waals surface area contributed by atoms with E-state index in [1.807, 2.05) is 0 Å². The standard InChI is InChI=1S/C22H27N3O2/c1-16-21-15-18-3-2-17-14-19(27-13-10-24-8-11-26-12-9-24)4-5-20(17)22(18)25(21)7-6-23-16/h4-5,14-15H,2-3,6-13H2,1H3. The van der Waals surface area contributed by atoms with E-state index >= 15 is 0 Å². The lowest BCUT2D eigenvalue weighted by molar-refractivity contribution is 0.0322. The molecule has 3 heterocycles. The molecule has 0 unspecified atom stereocenters. The van der Waals surface area contributed by atoms with Crippen molar-refractivity contribution in [3.05, 3.63) is 41.1 Å². The second-order valence-electron chi connectivity index (χ2n) is 7.64. The molecular weight excluding hydrogens is 338 g/mol. The van der Waals surface area contributed by atoms with Crippen molar-refractivity contribution in [1.82, 2.24) is 9.47 Å². The monoisotopic (exact) mass is 365 g/mol. The third kappa shape index (κ3) is 3.19. The molecule has 142 valence electrons. The summed E-state index contributed by atoms with van der Waals surface area (Å²) in [6.45, 7) is 9.41. The van der Waals surface area contributed by atoms with Crippen molar-refractivity contribution < 1.29 is 9.47 Å². The quantitative estimate of drug-likeness (QED) is 0.836. The fourth-order valence-corrected chi connectivity index (χ4v) is 4.53. The third-order valence-corrected chi connectivity index (χ3v) is 5.99. The lowest BCUT2D eigenvalue weighted by Gasteiger charge is -2.26. The average Bonchev–Trinajstić information content (AvgIpc) is 3.09. The molecule has 5 nitrogen and oxygen atoms in total. The van der Waals surface area contributed by atoms with Crippen LogP contribution in [0.5, 0.6) is 5.75 Å². The highest BCUT2D eigenvalue weighted by Gasteiger charge is 2.25. The van der Waals surface area contributed by atoms with Gasteiger partial charge in [0.1, 0.15) is 12.4 Å². The molecule has 0 radical (unpaired) electrons. The van der Waals surface area contributed by atoms with Gasteiger partial charge in [-0.1, -0.05) is 0 Å². The zero-order valence-electron chi connectivity index (χ0n) is 16.0. The van der Waals surface area contributed by atoms with Crippen LogP contribution in [0, 0.1) is 0 Å². The molecule has 5 heteroatoms. The number of rotatable bonds is 4. The van der Waals surface area contributed by atoms with E-state index in [1.165, 1.54) is 33.8 Å². The van der Waals surface area contributed by atoms with Crippen molar-refractivity contribution in [2.24, 2.45) is 4.99 Å². The van der Waals surface area contributed by atoms with Gasteiger partial charge >= 0.3 is 0 Å². The van der Waals surface area contributed by atoms with Crippen molar-refractivity contribution in [1.29, 1.82) is 0 Å². The molecular formula is C22H27N3O2. The van der Waals surface area contributed by atoms with Crippen LogP contribution in [0.15, 0.2) is 29.3 Å². The van der Waals surface area contributed by atoms with Gasteiger partial charge in [-0.2, -0.15) is 0 Å². The highest BCUT2D eigenvalue weighted by Crippen LogP contribution is 2.38. The molecule has 1 saturated heterocycles. The molecule has 0 bridgehead atoms. The van der Waals surface area contributed by atoms with Gasteiger partial charge in [-0.25, -0.2) is 0 Å². The summed E-state index contributed by atoms with van der Waals surface area (Å²) in [6, 6.07) is 8.99. The van der Waals surface area contributed by atoms with Crippen LogP contribution in [-0.4, -0.2) is 61.2 Å². The average molecular weight is 365 g/mol. The first-order chi connectivity index (χ1) is 13.3. The largest absolute Gasteiger partial charge is 0.492 e. The Balaban J connectivity index is 1.34. The van der Waals surface area contributed by atoms with Gasteiger partial charge in [-0.15, -0.1) is 0 Å². The number of fused-ring (bicyclic) bond motifs is 5. The Kier molecular flexibility index (Phi) is 4.50. The summed E-state index contributed by atoms with van der Waals surface area (Å²) < 4.78 is 13.9. The van der Waals surface area contributed by atoms with E-state index in [0.717, 1.165) is 71.1 Å². The molecule has 0 N–H and O–H groups in total. The number of ether oxygens (including phenoxy) is 2. The van der Waals surface area contributed by atoms with Gasteiger partial charge in [0.2, 0.25) is 0 Å². The van der Waals surface area contributed by atoms with Gasteiger partial charge in [0.15, 0.2) is 0 Å². The summed E-state index contributed by atoms with van der Waals surface area (Å²) in [5.41, 5.74) is 8.12. The Bertz CT molecular complexity index is 878. The molecule has 1 aromatic heterocycles. The van der Waals surface area contributed by atoms with Gasteiger partial charge in [0.05, 0.1) is 36.9 Å². The maximum absolute atomic E-state index is 6.07. The molecule has 2 aliphatic heterocycles. The van der Waals surface area contributed by atoms with Crippen LogP contribution >= 0.6 is 0 Å². The lowest BCUT2D eigenvalue weighted by atomic mass is 9.90. The first-order valence-electron chi connectivity index (χ1n) is 10.1. The molecule has 0 amide bonds. The Morgan fingerprint density at radius 1 is 1.07 bits per heavy atom. The molecule has 1 aliphatic carbocycles. The minimum Gasteiger partial charge on any atom is -0.492 e. The summed E-state index contributed by atoms with van der Waals surface area (Å²) in [6.07, 6.45) is 2.19. The first-order valence-corrected chi connectivity index (χ1v) is 10.1. The molecule has 27 heavy (non-hydrogen) atoms. The van der Waals surface area contributed by atoms with Crippen molar-refractivity contribution in [3.8, 4) is 17.0 Å². The van der Waals surface area contributed by atoms with Crippen LogP contribution in [0.2, 0.25) is 0 Å². The van der Waals surface area contributed by atoms with Gasteiger partial charge in [0.25, 0.3) is 0 Å². The lowest BCUT2D eigenvalue weighted by Crippen LogP contribution is -2.38. The second-order valence-corrected chi connectivity index (χ2v) is 7.64. The van der Waals surface area contributed by atoms with Crippen LogP contribution in [0.25, 0.3) is 11.3 Å². The molecule has 3 aliphatic rings. The van der Waals surface area contributed by atoms with E-state index in [0.29, 0.717) is 0 Å². The maximum atomic E-state index is 6.07. The Labute approximate surface area is 160 Å². The molecule has 1 fully saturated rings. The van der Waals surface area contributed by atoms with Crippen molar-refractivity contribution >= 4 is 5.71 Å². The van der Waals surface area contributed by atoms with Crippen molar-refractivity contribution in [2.75, 3.05) is 46.0 Å².